The van der Waals surface area contributed by atoms with Crippen LogP contribution in [0.15, 0.2) is 42.6 Å². The Hall–Kier alpha value is -2.91. The highest BCUT2D eigenvalue weighted by molar-refractivity contribution is 5.93. The Bertz CT molecular complexity index is 692. The van der Waals surface area contributed by atoms with E-state index in [9.17, 15) is 4.79 Å². The standard InChI is InChI=1S/C17H18N4O2/c1-23-10-2-8-20-17(22)16-11-15(7-9-19-16)21-14-5-3-13(12-18)4-6-14/h3-7,9,11H,2,8,10H2,1H3,(H,19,21)(H,20,22). The number of nitrogens with one attached hydrogen (secondary N) is 2. The van der Waals surface area contributed by atoms with Gasteiger partial charge in [0.2, 0.25) is 0 Å². The normalized spacial score (nSPS) is 9.91. The molecule has 0 atom stereocenters. The third kappa shape index (κ3) is 5.09. The van der Waals surface area contributed by atoms with Gasteiger partial charge in [-0.2, -0.15) is 5.26 Å². The molecule has 118 valence electrons. The van der Waals surface area contributed by atoms with Gasteiger partial charge in [0.15, 0.2) is 0 Å². The number of carbonyl (C=O) groups excluding carboxylic acids is 1. The summed E-state index contributed by atoms with van der Waals surface area (Å²) in [5.74, 6) is -0.218. The lowest BCUT2D eigenvalue weighted by Gasteiger charge is -2.08. The topological polar surface area (TPSA) is 87.0 Å². The fraction of sp³-hybridized carbons (Fsp3) is 0.235. The first-order chi connectivity index (χ1) is 11.2. The lowest BCUT2D eigenvalue weighted by molar-refractivity contribution is 0.0943. The molecule has 0 aliphatic carbocycles. The zero-order chi connectivity index (χ0) is 16.5. The highest BCUT2D eigenvalue weighted by atomic mass is 16.5. The number of carbonyl (C=O) groups is 1. The molecule has 0 aliphatic rings. The van der Waals surface area contributed by atoms with Gasteiger partial charge in [0, 0.05) is 37.8 Å². The van der Waals surface area contributed by atoms with E-state index in [0.717, 1.165) is 17.8 Å². The average molecular weight is 310 g/mol. The van der Waals surface area contributed by atoms with Gasteiger partial charge in [-0.3, -0.25) is 9.78 Å². The monoisotopic (exact) mass is 310 g/mol. The second-order valence-corrected chi connectivity index (χ2v) is 4.85. The number of anilines is 2. The molecule has 0 radical (unpaired) electrons. The number of rotatable bonds is 7. The molecule has 1 amide bonds. The Kier molecular flexibility index (Phi) is 6.09. The fourth-order valence-corrected chi connectivity index (χ4v) is 1.94. The zero-order valence-electron chi connectivity index (χ0n) is 12.9. The first kappa shape index (κ1) is 16.5. The van der Waals surface area contributed by atoms with Crippen LogP contribution in [0.25, 0.3) is 0 Å². The van der Waals surface area contributed by atoms with Crippen molar-refractivity contribution in [2.24, 2.45) is 0 Å². The summed E-state index contributed by atoms with van der Waals surface area (Å²) in [6.07, 6.45) is 2.33. The van der Waals surface area contributed by atoms with E-state index in [1.165, 1.54) is 0 Å². The average Bonchev–Trinajstić information content (AvgIpc) is 2.59. The van der Waals surface area contributed by atoms with Crippen molar-refractivity contribution in [1.82, 2.24) is 10.3 Å². The van der Waals surface area contributed by atoms with E-state index in [1.54, 1.807) is 37.6 Å². The van der Waals surface area contributed by atoms with Crippen molar-refractivity contribution >= 4 is 17.3 Å². The van der Waals surface area contributed by atoms with Crippen LogP contribution in [0.4, 0.5) is 11.4 Å². The molecule has 0 bridgehead atoms. The van der Waals surface area contributed by atoms with E-state index in [0.29, 0.717) is 24.4 Å². The van der Waals surface area contributed by atoms with Crippen molar-refractivity contribution in [3.63, 3.8) is 0 Å². The molecule has 0 fully saturated rings. The molecule has 6 nitrogen and oxygen atoms in total. The number of nitriles is 1. The molecular formula is C17H18N4O2. The van der Waals surface area contributed by atoms with Gasteiger partial charge >= 0.3 is 0 Å². The van der Waals surface area contributed by atoms with Crippen LogP contribution >= 0.6 is 0 Å². The fourth-order valence-electron chi connectivity index (χ4n) is 1.94. The van der Waals surface area contributed by atoms with Crippen LogP contribution in [0, 0.1) is 11.3 Å². The second kappa shape index (κ2) is 8.51. The van der Waals surface area contributed by atoms with Gasteiger partial charge in [0.1, 0.15) is 5.69 Å². The summed E-state index contributed by atoms with van der Waals surface area (Å²) >= 11 is 0. The lowest BCUT2D eigenvalue weighted by Crippen LogP contribution is -2.26. The molecular weight excluding hydrogens is 292 g/mol. The maximum atomic E-state index is 12.0. The number of nitrogens with zero attached hydrogens (tertiary/aromatic N) is 2. The van der Waals surface area contributed by atoms with Crippen molar-refractivity contribution in [2.75, 3.05) is 25.6 Å². The van der Waals surface area contributed by atoms with Gasteiger partial charge in [-0.05, 0) is 42.8 Å². The van der Waals surface area contributed by atoms with Crippen molar-refractivity contribution in [1.29, 1.82) is 5.26 Å². The number of aromatic nitrogens is 1. The van der Waals surface area contributed by atoms with Crippen LogP contribution in [0.5, 0.6) is 0 Å². The molecule has 1 heterocycles. The van der Waals surface area contributed by atoms with Crippen LogP contribution < -0.4 is 10.6 Å². The Morgan fingerprint density at radius 1 is 1.26 bits per heavy atom. The van der Waals surface area contributed by atoms with E-state index >= 15 is 0 Å². The molecule has 2 rings (SSSR count). The minimum absolute atomic E-state index is 0.218. The summed E-state index contributed by atoms with van der Waals surface area (Å²) in [6.45, 7) is 1.15. The van der Waals surface area contributed by atoms with E-state index < -0.39 is 0 Å². The molecule has 23 heavy (non-hydrogen) atoms. The highest BCUT2D eigenvalue weighted by Crippen LogP contribution is 2.17. The SMILES string of the molecule is COCCCNC(=O)c1cc(Nc2ccc(C#N)cc2)ccn1. The van der Waals surface area contributed by atoms with E-state index in [1.807, 2.05) is 12.1 Å². The van der Waals surface area contributed by atoms with Gasteiger partial charge in [-0.15, -0.1) is 0 Å². The minimum atomic E-state index is -0.218. The number of ether oxygens (including phenoxy) is 1. The first-order valence-corrected chi connectivity index (χ1v) is 7.23. The summed E-state index contributed by atoms with van der Waals surface area (Å²) in [5.41, 5.74) is 2.54. The highest BCUT2D eigenvalue weighted by Gasteiger charge is 2.07. The Labute approximate surface area is 135 Å². The lowest BCUT2D eigenvalue weighted by atomic mass is 10.2. The zero-order valence-corrected chi connectivity index (χ0v) is 12.9. The van der Waals surface area contributed by atoms with Gasteiger partial charge in [0.25, 0.3) is 5.91 Å². The van der Waals surface area contributed by atoms with Gasteiger partial charge in [0.05, 0.1) is 11.6 Å². The molecule has 1 aromatic heterocycles. The van der Waals surface area contributed by atoms with Crippen LogP contribution in [-0.4, -0.2) is 31.2 Å². The third-order valence-corrected chi connectivity index (χ3v) is 3.11. The summed E-state index contributed by atoms with van der Waals surface area (Å²) in [4.78, 5) is 16.1. The van der Waals surface area contributed by atoms with Crippen molar-refractivity contribution < 1.29 is 9.53 Å². The molecule has 0 saturated heterocycles. The van der Waals surface area contributed by atoms with Crippen LogP contribution in [0.3, 0.4) is 0 Å². The molecule has 6 heteroatoms. The van der Waals surface area contributed by atoms with Gasteiger partial charge < -0.3 is 15.4 Å². The molecule has 0 aliphatic heterocycles. The molecule has 0 saturated carbocycles. The van der Waals surface area contributed by atoms with Gasteiger partial charge in [-0.25, -0.2) is 0 Å². The number of amides is 1. The summed E-state index contributed by atoms with van der Waals surface area (Å²) in [5, 5.41) is 14.8. The quantitative estimate of drug-likeness (QED) is 0.767. The smallest absolute Gasteiger partial charge is 0.269 e. The van der Waals surface area contributed by atoms with Crippen molar-refractivity contribution in [3.8, 4) is 6.07 Å². The first-order valence-electron chi connectivity index (χ1n) is 7.23. The molecule has 1 aromatic carbocycles. The summed E-state index contributed by atoms with van der Waals surface area (Å²) < 4.78 is 4.93. The number of hydrogen-bond donors (Lipinski definition) is 2. The Morgan fingerprint density at radius 3 is 2.74 bits per heavy atom. The maximum Gasteiger partial charge on any atom is 0.269 e. The summed E-state index contributed by atoms with van der Waals surface area (Å²) in [6, 6.07) is 12.6. The van der Waals surface area contributed by atoms with Crippen LogP contribution in [-0.2, 0) is 4.74 Å². The van der Waals surface area contributed by atoms with E-state index in [-0.39, 0.29) is 5.91 Å². The van der Waals surface area contributed by atoms with E-state index in [4.69, 9.17) is 10.00 Å². The molecule has 0 unspecified atom stereocenters. The summed E-state index contributed by atoms with van der Waals surface area (Å²) in [7, 11) is 1.63. The third-order valence-electron chi connectivity index (χ3n) is 3.11. The largest absolute Gasteiger partial charge is 0.385 e. The predicted molar refractivity (Wildman–Crippen MR) is 87.5 cm³/mol. The van der Waals surface area contributed by atoms with Crippen LogP contribution in [0.1, 0.15) is 22.5 Å². The predicted octanol–water partition coefficient (Wildman–Crippen LogP) is 2.46. The molecule has 2 aromatic rings. The number of pyridine rings is 1. The number of benzene rings is 1. The Morgan fingerprint density at radius 2 is 2.04 bits per heavy atom. The molecule has 2 N–H and O–H groups in total. The number of methoxy groups -OCH3 is 1. The van der Waals surface area contributed by atoms with Crippen LogP contribution in [0.2, 0.25) is 0 Å². The van der Waals surface area contributed by atoms with Crippen molar-refractivity contribution in [3.05, 3.63) is 53.9 Å². The number of hydrogen-bond acceptors (Lipinski definition) is 5. The minimum Gasteiger partial charge on any atom is -0.385 e. The van der Waals surface area contributed by atoms with Gasteiger partial charge in [-0.1, -0.05) is 0 Å². The van der Waals surface area contributed by atoms with Crippen molar-refractivity contribution in [2.45, 2.75) is 6.42 Å². The maximum absolute atomic E-state index is 12.0. The Balaban J connectivity index is 1.98. The molecule has 0 spiro atoms. The second-order valence-electron chi connectivity index (χ2n) is 4.85. The van der Waals surface area contributed by atoms with E-state index in [2.05, 4.69) is 21.7 Å².